The molecule has 2 amide bonds. The molecule has 144 valence electrons. The van der Waals surface area contributed by atoms with Crippen molar-refractivity contribution >= 4 is 23.2 Å². The summed E-state index contributed by atoms with van der Waals surface area (Å²) in [5.41, 5.74) is 3.18. The van der Waals surface area contributed by atoms with Crippen molar-refractivity contribution in [1.82, 2.24) is 5.32 Å². The van der Waals surface area contributed by atoms with Crippen molar-refractivity contribution in [2.75, 3.05) is 23.8 Å². The largest absolute Gasteiger partial charge is 0.370 e. The van der Waals surface area contributed by atoms with E-state index >= 15 is 0 Å². The maximum Gasteiger partial charge on any atom is 0.224 e. The first-order valence-electron chi connectivity index (χ1n) is 9.44. The lowest BCUT2D eigenvalue weighted by Crippen LogP contribution is -2.20. The number of rotatable bonds is 10. The minimum Gasteiger partial charge on any atom is -0.370 e. The molecule has 0 aliphatic rings. The van der Waals surface area contributed by atoms with E-state index in [1.807, 2.05) is 42.5 Å². The third-order valence-corrected chi connectivity index (χ3v) is 4.31. The van der Waals surface area contributed by atoms with Gasteiger partial charge in [0.15, 0.2) is 0 Å². The van der Waals surface area contributed by atoms with Gasteiger partial charge in [-0.3, -0.25) is 9.59 Å². The van der Waals surface area contributed by atoms with Gasteiger partial charge in [0, 0.05) is 44.9 Å². The Labute approximate surface area is 161 Å². The Morgan fingerprint density at radius 1 is 0.926 bits per heavy atom. The van der Waals surface area contributed by atoms with E-state index in [1.165, 1.54) is 12.5 Å². The lowest BCUT2D eigenvalue weighted by Gasteiger charge is -2.19. The van der Waals surface area contributed by atoms with E-state index in [-0.39, 0.29) is 11.8 Å². The van der Waals surface area contributed by atoms with E-state index in [9.17, 15) is 9.59 Å². The summed E-state index contributed by atoms with van der Waals surface area (Å²) in [4.78, 5) is 25.0. The molecule has 0 saturated heterocycles. The Morgan fingerprint density at radius 3 is 2.30 bits per heavy atom. The number of benzene rings is 2. The van der Waals surface area contributed by atoms with Gasteiger partial charge >= 0.3 is 0 Å². The highest BCUT2D eigenvalue weighted by Crippen LogP contribution is 2.19. The Balaban J connectivity index is 1.71. The molecule has 5 heteroatoms. The maximum absolute atomic E-state index is 12.0. The van der Waals surface area contributed by atoms with Crippen LogP contribution in [0.1, 0.15) is 38.2 Å². The van der Waals surface area contributed by atoms with Crippen LogP contribution < -0.4 is 15.5 Å². The highest BCUT2D eigenvalue weighted by atomic mass is 16.2. The van der Waals surface area contributed by atoms with Crippen molar-refractivity contribution in [1.29, 1.82) is 0 Å². The molecule has 0 unspecified atom stereocenters. The fourth-order valence-corrected chi connectivity index (χ4v) is 2.82. The number of carbonyl (C=O) groups is 2. The predicted molar refractivity (Wildman–Crippen MR) is 111 cm³/mol. The molecule has 2 aromatic carbocycles. The summed E-state index contributed by atoms with van der Waals surface area (Å²) in [6.07, 6.45) is 3.14. The highest BCUT2D eigenvalue weighted by molar-refractivity contribution is 5.90. The molecule has 0 aromatic heterocycles. The smallest absolute Gasteiger partial charge is 0.224 e. The van der Waals surface area contributed by atoms with Crippen LogP contribution in [0.3, 0.4) is 0 Å². The summed E-state index contributed by atoms with van der Waals surface area (Å²) in [6, 6.07) is 18.2. The van der Waals surface area contributed by atoms with Crippen LogP contribution in [0.2, 0.25) is 0 Å². The molecule has 0 spiro atoms. The van der Waals surface area contributed by atoms with Crippen LogP contribution >= 0.6 is 0 Å². The summed E-state index contributed by atoms with van der Waals surface area (Å²) in [7, 11) is 2.06. The number of unbranched alkanes of at least 4 members (excludes halogenated alkanes) is 2. The van der Waals surface area contributed by atoms with E-state index < -0.39 is 0 Å². The van der Waals surface area contributed by atoms with Gasteiger partial charge in [-0.05, 0) is 42.7 Å². The lowest BCUT2D eigenvalue weighted by molar-refractivity contribution is -0.119. The van der Waals surface area contributed by atoms with Gasteiger partial charge in [-0.1, -0.05) is 36.8 Å². The average molecular weight is 367 g/mol. The minimum absolute atomic E-state index is 0.00870. The molecule has 0 radical (unpaired) electrons. The predicted octanol–water partition coefficient (Wildman–Crippen LogP) is 3.96. The van der Waals surface area contributed by atoms with Gasteiger partial charge in [0.2, 0.25) is 11.8 Å². The molecule has 0 bridgehead atoms. The second-order valence-electron chi connectivity index (χ2n) is 6.73. The van der Waals surface area contributed by atoms with Gasteiger partial charge in [-0.15, -0.1) is 0 Å². The second kappa shape index (κ2) is 11.0. The van der Waals surface area contributed by atoms with Gasteiger partial charge in [-0.25, -0.2) is 0 Å². The molecular weight excluding hydrogens is 338 g/mol. The zero-order chi connectivity index (χ0) is 19.5. The van der Waals surface area contributed by atoms with Gasteiger partial charge in [0.1, 0.15) is 0 Å². The quantitative estimate of drug-likeness (QED) is 0.625. The zero-order valence-electron chi connectivity index (χ0n) is 16.2. The normalized spacial score (nSPS) is 10.3. The summed E-state index contributed by atoms with van der Waals surface area (Å²) < 4.78 is 0. The van der Waals surface area contributed by atoms with Crippen LogP contribution in [0.4, 0.5) is 11.4 Å². The number of hydrogen-bond acceptors (Lipinski definition) is 3. The van der Waals surface area contributed by atoms with Crippen LogP contribution in [0.5, 0.6) is 0 Å². The van der Waals surface area contributed by atoms with Gasteiger partial charge < -0.3 is 15.5 Å². The fraction of sp³-hybridized carbons (Fsp3) is 0.364. The highest BCUT2D eigenvalue weighted by Gasteiger charge is 2.05. The summed E-state index contributed by atoms with van der Waals surface area (Å²) in [6.45, 7) is 3.03. The van der Waals surface area contributed by atoms with Gasteiger partial charge in [0.25, 0.3) is 0 Å². The monoisotopic (exact) mass is 367 g/mol. The molecule has 2 rings (SSSR count). The van der Waals surface area contributed by atoms with Crippen LogP contribution in [-0.2, 0) is 16.1 Å². The van der Waals surface area contributed by atoms with Crippen molar-refractivity contribution in [2.24, 2.45) is 0 Å². The zero-order valence-corrected chi connectivity index (χ0v) is 16.2. The van der Waals surface area contributed by atoms with E-state index in [4.69, 9.17) is 0 Å². The van der Waals surface area contributed by atoms with Crippen molar-refractivity contribution < 1.29 is 9.59 Å². The van der Waals surface area contributed by atoms with Crippen molar-refractivity contribution in [3.63, 3.8) is 0 Å². The van der Waals surface area contributed by atoms with E-state index in [0.717, 1.165) is 37.2 Å². The molecule has 2 aromatic rings. The molecule has 27 heavy (non-hydrogen) atoms. The maximum atomic E-state index is 12.0. The van der Waals surface area contributed by atoms with Crippen molar-refractivity contribution in [2.45, 2.75) is 39.2 Å². The summed E-state index contributed by atoms with van der Waals surface area (Å²) in [5.74, 6) is 0.0190. The fourth-order valence-electron chi connectivity index (χ4n) is 2.82. The molecule has 0 saturated carbocycles. The number of carbonyl (C=O) groups excluding carboxylic acids is 2. The first-order valence-corrected chi connectivity index (χ1v) is 9.44. The Bertz CT molecular complexity index is 714. The number of anilines is 2. The average Bonchev–Trinajstić information content (AvgIpc) is 2.65. The van der Waals surface area contributed by atoms with Gasteiger partial charge in [0.05, 0.1) is 0 Å². The third-order valence-electron chi connectivity index (χ3n) is 4.31. The molecular formula is C22H29N3O2. The standard InChI is InChI=1S/C22H29N3O2/c1-18(26)23-16-8-4-7-11-22(27)24-20-12-14-21(15-13-20)25(2)17-19-9-5-3-6-10-19/h3,5-6,9-10,12-15H,4,7-8,11,16-17H2,1-2H3,(H,23,26)(H,24,27). The molecule has 0 atom stereocenters. The van der Waals surface area contributed by atoms with Crippen molar-refractivity contribution in [3.05, 3.63) is 60.2 Å². The molecule has 0 fully saturated rings. The number of nitrogens with one attached hydrogen (secondary N) is 2. The van der Waals surface area contributed by atoms with E-state index in [2.05, 4.69) is 34.7 Å². The number of nitrogens with zero attached hydrogens (tertiary/aromatic N) is 1. The molecule has 0 heterocycles. The topological polar surface area (TPSA) is 61.4 Å². The van der Waals surface area contributed by atoms with Crippen LogP contribution in [0.25, 0.3) is 0 Å². The first kappa shape index (κ1) is 20.5. The molecule has 2 N–H and O–H groups in total. The van der Waals surface area contributed by atoms with Crippen LogP contribution in [0, 0.1) is 0 Å². The number of hydrogen-bond donors (Lipinski definition) is 2. The molecule has 5 nitrogen and oxygen atoms in total. The number of amides is 2. The van der Waals surface area contributed by atoms with Crippen molar-refractivity contribution in [3.8, 4) is 0 Å². The Hall–Kier alpha value is -2.82. The summed E-state index contributed by atoms with van der Waals surface area (Å²) >= 11 is 0. The SMILES string of the molecule is CC(=O)NCCCCCC(=O)Nc1ccc(N(C)Cc2ccccc2)cc1. The first-order chi connectivity index (χ1) is 13.0. The Morgan fingerprint density at radius 2 is 1.63 bits per heavy atom. The molecule has 0 aliphatic carbocycles. The summed E-state index contributed by atoms with van der Waals surface area (Å²) in [5, 5.41) is 5.70. The van der Waals surface area contributed by atoms with E-state index in [1.54, 1.807) is 0 Å². The molecule has 0 aliphatic heterocycles. The van der Waals surface area contributed by atoms with Crippen LogP contribution in [0.15, 0.2) is 54.6 Å². The van der Waals surface area contributed by atoms with Crippen LogP contribution in [-0.4, -0.2) is 25.4 Å². The van der Waals surface area contributed by atoms with E-state index in [0.29, 0.717) is 13.0 Å². The second-order valence-corrected chi connectivity index (χ2v) is 6.73. The third kappa shape index (κ3) is 7.94. The van der Waals surface area contributed by atoms with Gasteiger partial charge in [-0.2, -0.15) is 0 Å². The lowest BCUT2D eigenvalue weighted by atomic mass is 10.1. The Kier molecular flexibility index (Phi) is 8.36. The minimum atomic E-state index is -0.00870.